The van der Waals surface area contributed by atoms with E-state index in [-0.39, 0.29) is 5.92 Å². The maximum Gasteiger partial charge on any atom is 0.0984 e. The first-order valence-electron chi connectivity index (χ1n) is 7.42. The van der Waals surface area contributed by atoms with E-state index in [9.17, 15) is 5.26 Å². The molecule has 1 unspecified atom stereocenters. The van der Waals surface area contributed by atoms with Crippen LogP contribution in [0, 0.1) is 11.3 Å². The second kappa shape index (κ2) is 5.22. The fourth-order valence-corrected chi connectivity index (χ4v) is 4.40. The normalized spacial score (nSPS) is 17.1. The zero-order valence-corrected chi connectivity index (χ0v) is 13.5. The first-order chi connectivity index (χ1) is 11.2. The minimum atomic E-state index is -0.108. The number of nitriles is 1. The molecule has 4 rings (SSSR count). The van der Waals surface area contributed by atoms with Crippen LogP contribution in [0.2, 0.25) is 0 Å². The summed E-state index contributed by atoms with van der Waals surface area (Å²) in [5, 5.41) is 12.6. The van der Waals surface area contributed by atoms with Crippen molar-refractivity contribution in [3.63, 3.8) is 0 Å². The third kappa shape index (κ3) is 1.97. The SMILES string of the molecule is Cn1c2c(c3ccccc31)C(c1ccccc1)C(C#N)=C(N)S2. The third-order valence-corrected chi connectivity index (χ3v) is 5.52. The Hall–Kier alpha value is -2.64. The predicted molar refractivity (Wildman–Crippen MR) is 93.9 cm³/mol. The van der Waals surface area contributed by atoms with E-state index in [1.807, 2.05) is 30.3 Å². The lowest BCUT2D eigenvalue weighted by molar-refractivity contribution is 0.813. The van der Waals surface area contributed by atoms with Gasteiger partial charge in [-0.05, 0) is 11.6 Å². The van der Waals surface area contributed by atoms with Crippen LogP contribution in [-0.2, 0) is 7.05 Å². The van der Waals surface area contributed by atoms with E-state index < -0.39 is 0 Å². The average molecular weight is 317 g/mol. The van der Waals surface area contributed by atoms with Gasteiger partial charge >= 0.3 is 0 Å². The molecule has 1 atom stereocenters. The molecule has 0 spiro atoms. The molecule has 23 heavy (non-hydrogen) atoms. The van der Waals surface area contributed by atoms with Crippen molar-refractivity contribution in [1.29, 1.82) is 5.26 Å². The van der Waals surface area contributed by atoms with E-state index in [2.05, 4.69) is 41.9 Å². The molecular weight excluding hydrogens is 302 g/mol. The predicted octanol–water partition coefficient (Wildman–Crippen LogP) is 4.11. The van der Waals surface area contributed by atoms with Crippen molar-refractivity contribution >= 4 is 22.7 Å². The first-order valence-corrected chi connectivity index (χ1v) is 8.24. The number of nitrogens with zero attached hydrogens (tertiary/aromatic N) is 2. The second-order valence-corrected chi connectivity index (χ2v) is 6.66. The molecule has 1 aliphatic rings. The summed E-state index contributed by atoms with van der Waals surface area (Å²) in [4.78, 5) is 0. The quantitative estimate of drug-likeness (QED) is 0.735. The third-order valence-electron chi connectivity index (χ3n) is 4.39. The van der Waals surface area contributed by atoms with E-state index in [1.54, 1.807) is 0 Å². The van der Waals surface area contributed by atoms with Gasteiger partial charge in [-0.25, -0.2) is 0 Å². The Morgan fingerprint density at radius 2 is 1.78 bits per heavy atom. The Kier molecular flexibility index (Phi) is 3.17. The van der Waals surface area contributed by atoms with Crippen LogP contribution in [0.25, 0.3) is 10.9 Å². The van der Waals surface area contributed by atoms with Crippen molar-refractivity contribution in [1.82, 2.24) is 4.57 Å². The molecule has 1 aromatic heterocycles. The van der Waals surface area contributed by atoms with Gasteiger partial charge < -0.3 is 10.3 Å². The highest BCUT2D eigenvalue weighted by Crippen LogP contribution is 2.49. The molecule has 2 aromatic carbocycles. The van der Waals surface area contributed by atoms with E-state index in [0.29, 0.717) is 10.6 Å². The zero-order chi connectivity index (χ0) is 16.0. The largest absolute Gasteiger partial charge is 0.392 e. The summed E-state index contributed by atoms with van der Waals surface area (Å²) in [5.74, 6) is -0.108. The molecule has 3 aromatic rings. The number of aromatic nitrogens is 1. The molecule has 112 valence electrons. The fraction of sp³-hybridized carbons (Fsp3) is 0.105. The highest BCUT2D eigenvalue weighted by Gasteiger charge is 2.33. The summed E-state index contributed by atoms with van der Waals surface area (Å²) in [7, 11) is 2.06. The summed E-state index contributed by atoms with van der Waals surface area (Å²) in [6.45, 7) is 0. The van der Waals surface area contributed by atoms with Gasteiger partial charge in [0, 0.05) is 29.4 Å². The standard InChI is InChI=1S/C19H15N3S/c1-22-15-10-6-5-9-13(15)17-16(12-7-3-2-4-8-12)14(11-20)18(21)23-19(17)22/h2-10,16H,21H2,1H3. The number of rotatable bonds is 1. The molecule has 0 saturated carbocycles. The molecule has 0 aliphatic carbocycles. The molecule has 0 radical (unpaired) electrons. The number of thioether (sulfide) groups is 1. The Morgan fingerprint density at radius 1 is 1.09 bits per heavy atom. The number of allylic oxidation sites excluding steroid dienone is 1. The van der Waals surface area contributed by atoms with Gasteiger partial charge in [0.25, 0.3) is 0 Å². The van der Waals surface area contributed by atoms with Crippen molar-refractivity contribution in [2.75, 3.05) is 0 Å². The van der Waals surface area contributed by atoms with Crippen molar-refractivity contribution < 1.29 is 0 Å². The summed E-state index contributed by atoms with van der Waals surface area (Å²) in [6.07, 6.45) is 0. The Labute approximate surface area is 139 Å². The zero-order valence-electron chi connectivity index (χ0n) is 12.7. The molecular formula is C19H15N3S. The van der Waals surface area contributed by atoms with Crippen LogP contribution in [0.15, 0.2) is 70.2 Å². The Bertz CT molecular complexity index is 977. The number of para-hydroxylation sites is 1. The first kappa shape index (κ1) is 14.0. The maximum absolute atomic E-state index is 9.69. The molecule has 2 heterocycles. The van der Waals surface area contributed by atoms with Gasteiger partial charge in [-0.1, -0.05) is 60.3 Å². The molecule has 4 heteroatoms. The minimum Gasteiger partial charge on any atom is -0.392 e. The van der Waals surface area contributed by atoms with E-state index in [0.717, 1.165) is 16.1 Å². The molecule has 0 saturated heterocycles. The number of nitrogens with two attached hydrogens (primary N) is 1. The van der Waals surface area contributed by atoms with Crippen molar-refractivity contribution in [3.8, 4) is 6.07 Å². The van der Waals surface area contributed by atoms with Gasteiger partial charge in [-0.3, -0.25) is 0 Å². The molecule has 0 amide bonds. The van der Waals surface area contributed by atoms with Crippen molar-refractivity contribution in [3.05, 3.63) is 76.3 Å². The van der Waals surface area contributed by atoms with E-state index in [4.69, 9.17) is 5.73 Å². The highest BCUT2D eigenvalue weighted by atomic mass is 32.2. The molecule has 0 fully saturated rings. The summed E-state index contributed by atoms with van der Waals surface area (Å²) >= 11 is 1.49. The molecule has 2 N–H and O–H groups in total. The lowest BCUT2D eigenvalue weighted by Crippen LogP contribution is -2.14. The molecule has 3 nitrogen and oxygen atoms in total. The number of hydrogen-bond acceptors (Lipinski definition) is 3. The number of benzene rings is 2. The maximum atomic E-state index is 9.69. The summed E-state index contributed by atoms with van der Waals surface area (Å²) < 4.78 is 2.17. The van der Waals surface area contributed by atoms with Crippen molar-refractivity contribution in [2.24, 2.45) is 12.8 Å². The molecule has 0 bridgehead atoms. The number of aryl methyl sites for hydroxylation is 1. The van der Waals surface area contributed by atoms with Crippen LogP contribution in [0.3, 0.4) is 0 Å². The second-order valence-electron chi connectivity index (χ2n) is 5.63. The van der Waals surface area contributed by atoms with Gasteiger partial charge in [-0.2, -0.15) is 5.26 Å². The van der Waals surface area contributed by atoms with Crippen LogP contribution in [0.1, 0.15) is 17.0 Å². The van der Waals surface area contributed by atoms with Crippen LogP contribution < -0.4 is 5.73 Å². The van der Waals surface area contributed by atoms with Crippen LogP contribution >= 0.6 is 11.8 Å². The summed E-state index contributed by atoms with van der Waals surface area (Å²) in [6, 6.07) is 20.8. The van der Waals surface area contributed by atoms with Crippen LogP contribution in [0.4, 0.5) is 0 Å². The van der Waals surface area contributed by atoms with Gasteiger partial charge in [-0.15, -0.1) is 0 Å². The molecule has 1 aliphatic heterocycles. The highest BCUT2D eigenvalue weighted by molar-refractivity contribution is 8.03. The lowest BCUT2D eigenvalue weighted by atomic mass is 9.85. The Morgan fingerprint density at radius 3 is 2.52 bits per heavy atom. The smallest absolute Gasteiger partial charge is 0.0984 e. The van der Waals surface area contributed by atoms with E-state index in [1.165, 1.54) is 22.7 Å². The average Bonchev–Trinajstić information content (AvgIpc) is 2.87. The summed E-state index contributed by atoms with van der Waals surface area (Å²) in [5.41, 5.74) is 10.3. The van der Waals surface area contributed by atoms with E-state index >= 15 is 0 Å². The lowest BCUT2D eigenvalue weighted by Gasteiger charge is -2.24. The topological polar surface area (TPSA) is 54.7 Å². The van der Waals surface area contributed by atoms with Crippen LogP contribution in [-0.4, -0.2) is 4.57 Å². The Balaban J connectivity index is 2.09. The van der Waals surface area contributed by atoms with Gasteiger partial charge in [0.05, 0.1) is 21.7 Å². The number of hydrogen-bond donors (Lipinski definition) is 1. The van der Waals surface area contributed by atoms with Gasteiger partial charge in [0.1, 0.15) is 0 Å². The van der Waals surface area contributed by atoms with Crippen molar-refractivity contribution in [2.45, 2.75) is 10.9 Å². The number of fused-ring (bicyclic) bond motifs is 3. The van der Waals surface area contributed by atoms with Gasteiger partial charge in [0.2, 0.25) is 0 Å². The van der Waals surface area contributed by atoms with Crippen LogP contribution in [0.5, 0.6) is 0 Å². The minimum absolute atomic E-state index is 0.108. The fourth-order valence-electron chi connectivity index (χ4n) is 3.35. The van der Waals surface area contributed by atoms with Gasteiger partial charge in [0.15, 0.2) is 0 Å². The monoisotopic (exact) mass is 317 g/mol.